The Labute approximate surface area is 128 Å². The van der Waals surface area contributed by atoms with Gasteiger partial charge in [0, 0.05) is 36.3 Å². The molecular formula is C18H28N2O. The van der Waals surface area contributed by atoms with E-state index < -0.39 is 0 Å². The van der Waals surface area contributed by atoms with E-state index in [0.29, 0.717) is 6.04 Å². The van der Waals surface area contributed by atoms with E-state index in [1.807, 2.05) is 0 Å². The molecule has 0 radical (unpaired) electrons. The van der Waals surface area contributed by atoms with Gasteiger partial charge in [-0.1, -0.05) is 13.0 Å². The second-order valence-corrected chi connectivity index (χ2v) is 7.26. The summed E-state index contributed by atoms with van der Waals surface area (Å²) in [6.45, 7) is 11.2. The van der Waals surface area contributed by atoms with Crippen molar-refractivity contribution in [3.63, 3.8) is 0 Å². The fourth-order valence-electron chi connectivity index (χ4n) is 3.41. The lowest BCUT2D eigenvalue weighted by atomic mass is 9.91. The highest BCUT2D eigenvalue weighted by Crippen LogP contribution is 2.33. The molecule has 116 valence electrons. The fraction of sp³-hybridized carbons (Fsp3) is 0.667. The van der Waals surface area contributed by atoms with Crippen molar-refractivity contribution in [3.8, 4) is 5.75 Å². The summed E-state index contributed by atoms with van der Waals surface area (Å²) in [5.41, 5.74) is 2.97. The number of aryl methyl sites for hydroxylation is 1. The number of nitrogens with one attached hydrogen (secondary N) is 1. The van der Waals surface area contributed by atoms with Crippen LogP contribution in [0.25, 0.3) is 0 Å². The van der Waals surface area contributed by atoms with Crippen LogP contribution in [0, 0.1) is 5.41 Å². The van der Waals surface area contributed by atoms with Gasteiger partial charge in [0.05, 0.1) is 6.61 Å². The second-order valence-electron chi connectivity index (χ2n) is 7.26. The zero-order chi connectivity index (χ0) is 14.9. The number of fused-ring (bicyclic) bond motifs is 1. The van der Waals surface area contributed by atoms with E-state index >= 15 is 0 Å². The lowest BCUT2D eigenvalue weighted by Crippen LogP contribution is -2.33. The van der Waals surface area contributed by atoms with Crippen molar-refractivity contribution >= 4 is 5.69 Å². The largest absolute Gasteiger partial charge is 0.493 e. The highest BCUT2D eigenvalue weighted by Gasteiger charge is 2.35. The van der Waals surface area contributed by atoms with Crippen molar-refractivity contribution < 1.29 is 4.74 Å². The van der Waals surface area contributed by atoms with Crippen LogP contribution in [-0.2, 0) is 6.42 Å². The van der Waals surface area contributed by atoms with Gasteiger partial charge in [0.25, 0.3) is 0 Å². The molecule has 0 aromatic heterocycles. The van der Waals surface area contributed by atoms with Gasteiger partial charge in [-0.3, -0.25) is 0 Å². The molecule has 2 aliphatic heterocycles. The minimum absolute atomic E-state index is 0.285. The van der Waals surface area contributed by atoms with Crippen molar-refractivity contribution in [2.24, 2.45) is 5.41 Å². The van der Waals surface area contributed by atoms with Crippen molar-refractivity contribution in [1.29, 1.82) is 0 Å². The molecule has 2 heterocycles. The van der Waals surface area contributed by atoms with Crippen molar-refractivity contribution in [2.75, 3.05) is 31.6 Å². The predicted molar refractivity (Wildman–Crippen MR) is 88.2 cm³/mol. The molecule has 0 spiro atoms. The van der Waals surface area contributed by atoms with Gasteiger partial charge < -0.3 is 15.0 Å². The summed E-state index contributed by atoms with van der Waals surface area (Å²) in [6, 6.07) is 7.16. The fourth-order valence-corrected chi connectivity index (χ4v) is 3.41. The molecule has 2 aliphatic rings. The van der Waals surface area contributed by atoms with E-state index in [1.54, 1.807) is 0 Å². The zero-order valence-electron chi connectivity index (χ0n) is 13.6. The molecular weight excluding hydrogens is 260 g/mol. The van der Waals surface area contributed by atoms with Gasteiger partial charge in [0.1, 0.15) is 5.75 Å². The first kappa shape index (κ1) is 14.7. The Hall–Kier alpha value is -1.22. The molecule has 1 saturated heterocycles. The monoisotopic (exact) mass is 288 g/mol. The summed E-state index contributed by atoms with van der Waals surface area (Å²) >= 11 is 0. The normalized spacial score (nSPS) is 25.7. The van der Waals surface area contributed by atoms with Crippen molar-refractivity contribution in [3.05, 3.63) is 23.8 Å². The van der Waals surface area contributed by atoms with Crippen molar-refractivity contribution in [2.45, 2.75) is 46.1 Å². The SMILES string of the molecule is CC(C)N1CCC(C)(COc2ccc3c(c2)NCCC3)C1. The molecule has 0 bridgehead atoms. The second kappa shape index (κ2) is 5.88. The van der Waals surface area contributed by atoms with E-state index in [9.17, 15) is 0 Å². The Morgan fingerprint density at radius 2 is 2.24 bits per heavy atom. The molecule has 1 fully saturated rings. The molecule has 3 heteroatoms. The summed E-state index contributed by atoms with van der Waals surface area (Å²) in [7, 11) is 0. The third-order valence-electron chi connectivity index (χ3n) is 4.92. The smallest absolute Gasteiger partial charge is 0.121 e. The number of hydrogen-bond acceptors (Lipinski definition) is 3. The average molecular weight is 288 g/mol. The van der Waals surface area contributed by atoms with Crippen molar-refractivity contribution in [1.82, 2.24) is 4.90 Å². The van der Waals surface area contributed by atoms with Crippen LogP contribution in [0.3, 0.4) is 0 Å². The Morgan fingerprint density at radius 1 is 1.38 bits per heavy atom. The third kappa shape index (κ3) is 3.34. The maximum atomic E-state index is 6.12. The topological polar surface area (TPSA) is 24.5 Å². The van der Waals surface area contributed by atoms with Crippen LogP contribution in [0.1, 0.15) is 39.2 Å². The molecule has 3 nitrogen and oxygen atoms in total. The molecule has 1 aromatic carbocycles. The number of anilines is 1. The Kier molecular flexibility index (Phi) is 4.12. The average Bonchev–Trinajstić information content (AvgIpc) is 2.88. The lowest BCUT2D eigenvalue weighted by molar-refractivity contribution is 0.154. The first-order valence-corrected chi connectivity index (χ1v) is 8.29. The van der Waals surface area contributed by atoms with Gasteiger partial charge in [0.15, 0.2) is 0 Å². The first-order chi connectivity index (χ1) is 10.1. The number of benzene rings is 1. The van der Waals surface area contributed by atoms with Gasteiger partial charge in [-0.05, 0) is 51.3 Å². The summed E-state index contributed by atoms with van der Waals surface area (Å²) in [5, 5.41) is 3.47. The molecule has 1 N–H and O–H groups in total. The van der Waals surface area contributed by atoms with E-state index in [1.165, 1.54) is 37.1 Å². The summed E-state index contributed by atoms with van der Waals surface area (Å²) in [4.78, 5) is 2.55. The van der Waals surface area contributed by atoms with Gasteiger partial charge in [0.2, 0.25) is 0 Å². The molecule has 1 aromatic rings. The Balaban J connectivity index is 1.60. The van der Waals surface area contributed by atoms with Crippen LogP contribution in [0.15, 0.2) is 18.2 Å². The summed E-state index contributed by atoms with van der Waals surface area (Å²) in [6.07, 6.45) is 3.65. The van der Waals surface area contributed by atoms with Crippen LogP contribution in [0.2, 0.25) is 0 Å². The first-order valence-electron chi connectivity index (χ1n) is 8.29. The quantitative estimate of drug-likeness (QED) is 0.917. The predicted octanol–water partition coefficient (Wildman–Crippen LogP) is 3.54. The lowest BCUT2D eigenvalue weighted by Gasteiger charge is -2.27. The molecule has 0 amide bonds. The number of nitrogens with zero attached hydrogens (tertiary/aromatic N) is 1. The van der Waals surface area contributed by atoms with Gasteiger partial charge in [-0.2, -0.15) is 0 Å². The standard InChI is InChI=1S/C18H28N2O/c1-14(2)20-10-8-18(3,12-20)13-21-16-7-6-15-5-4-9-19-17(15)11-16/h6-7,11,14,19H,4-5,8-10,12-13H2,1-3H3. The molecule has 21 heavy (non-hydrogen) atoms. The van der Waals surface area contributed by atoms with Crippen LogP contribution in [0.4, 0.5) is 5.69 Å². The minimum atomic E-state index is 0.285. The minimum Gasteiger partial charge on any atom is -0.493 e. The number of ether oxygens (including phenoxy) is 1. The molecule has 0 saturated carbocycles. The number of rotatable bonds is 4. The number of likely N-dealkylation sites (tertiary alicyclic amines) is 1. The maximum Gasteiger partial charge on any atom is 0.121 e. The third-order valence-corrected chi connectivity index (χ3v) is 4.92. The number of hydrogen-bond donors (Lipinski definition) is 1. The van der Waals surface area contributed by atoms with Crippen LogP contribution in [-0.4, -0.2) is 37.2 Å². The van der Waals surface area contributed by atoms with Crippen LogP contribution >= 0.6 is 0 Å². The highest BCUT2D eigenvalue weighted by atomic mass is 16.5. The zero-order valence-corrected chi connectivity index (χ0v) is 13.6. The maximum absolute atomic E-state index is 6.12. The molecule has 1 atom stereocenters. The summed E-state index contributed by atoms with van der Waals surface area (Å²) < 4.78 is 6.12. The van der Waals surface area contributed by atoms with Crippen LogP contribution in [0.5, 0.6) is 5.75 Å². The van der Waals surface area contributed by atoms with Crippen LogP contribution < -0.4 is 10.1 Å². The summed E-state index contributed by atoms with van der Waals surface area (Å²) in [5.74, 6) is 1.01. The molecule has 1 unspecified atom stereocenters. The molecule has 0 aliphatic carbocycles. The van der Waals surface area contributed by atoms with E-state index in [4.69, 9.17) is 4.74 Å². The molecule has 3 rings (SSSR count). The Morgan fingerprint density at radius 3 is 3.00 bits per heavy atom. The van der Waals surface area contributed by atoms with Gasteiger partial charge in [-0.15, -0.1) is 0 Å². The highest BCUT2D eigenvalue weighted by molar-refractivity contribution is 5.56. The van der Waals surface area contributed by atoms with Gasteiger partial charge in [-0.25, -0.2) is 0 Å². The van der Waals surface area contributed by atoms with E-state index in [2.05, 4.69) is 49.2 Å². The van der Waals surface area contributed by atoms with E-state index in [0.717, 1.165) is 25.4 Å². The Bertz CT molecular complexity index is 500. The van der Waals surface area contributed by atoms with E-state index in [-0.39, 0.29) is 5.41 Å². The van der Waals surface area contributed by atoms with Gasteiger partial charge >= 0.3 is 0 Å².